The molecular formula is C23H49O3P. The van der Waals surface area contributed by atoms with Crippen LogP contribution in [0.3, 0.4) is 0 Å². The number of rotatable bonds is 13. The summed E-state index contributed by atoms with van der Waals surface area (Å²) in [6, 6.07) is 0. The summed E-state index contributed by atoms with van der Waals surface area (Å²) < 4.78 is 5.88. The fourth-order valence-electron chi connectivity index (χ4n) is 4.37. The van der Waals surface area contributed by atoms with E-state index in [1.54, 1.807) is 0 Å². The zero-order valence-corrected chi connectivity index (χ0v) is 19.8. The van der Waals surface area contributed by atoms with Crippen molar-refractivity contribution in [1.29, 1.82) is 0 Å². The molecule has 1 aliphatic rings. The van der Waals surface area contributed by atoms with Gasteiger partial charge in [-0.2, -0.15) is 0 Å². The molecule has 0 heterocycles. The first-order valence-electron chi connectivity index (χ1n) is 11.9. The van der Waals surface area contributed by atoms with Crippen LogP contribution in [0.15, 0.2) is 0 Å². The van der Waals surface area contributed by atoms with Crippen LogP contribution in [0.5, 0.6) is 0 Å². The first kappa shape index (κ1) is 26.7. The van der Waals surface area contributed by atoms with Crippen molar-refractivity contribution in [2.24, 2.45) is 0 Å². The molecule has 0 aromatic carbocycles. The van der Waals surface area contributed by atoms with Crippen LogP contribution in [-0.4, -0.2) is 35.9 Å². The number of hydrogen-bond acceptors (Lipinski definition) is 2. The SMILES string of the molecule is C1CCCCC1.CCCCP(CCCC)(CCCC)(CCCC)OC(=O)O. The van der Waals surface area contributed by atoms with Gasteiger partial charge in [-0.25, -0.2) is 0 Å². The van der Waals surface area contributed by atoms with Gasteiger partial charge in [0.1, 0.15) is 0 Å². The molecule has 1 aliphatic carbocycles. The van der Waals surface area contributed by atoms with Crippen molar-refractivity contribution in [3.63, 3.8) is 0 Å². The maximum absolute atomic E-state index is 11.5. The predicted octanol–water partition coefficient (Wildman–Crippen LogP) is 8.69. The number of carboxylic acid groups (broad SMARTS) is 1. The summed E-state index contributed by atoms with van der Waals surface area (Å²) in [6.07, 6.45) is 20.9. The van der Waals surface area contributed by atoms with E-state index in [2.05, 4.69) is 27.7 Å². The first-order chi connectivity index (χ1) is 13.0. The van der Waals surface area contributed by atoms with Gasteiger partial charge in [-0.05, 0) is 0 Å². The molecule has 0 spiro atoms. The Hall–Kier alpha value is -0.300. The van der Waals surface area contributed by atoms with Crippen LogP contribution in [0.25, 0.3) is 0 Å². The molecule has 1 N–H and O–H groups in total. The third kappa shape index (κ3) is 11.3. The van der Waals surface area contributed by atoms with E-state index in [1.807, 2.05) is 0 Å². The van der Waals surface area contributed by atoms with Gasteiger partial charge in [0.05, 0.1) is 0 Å². The average molecular weight is 405 g/mol. The van der Waals surface area contributed by atoms with Gasteiger partial charge < -0.3 is 0 Å². The molecule has 0 aromatic rings. The predicted molar refractivity (Wildman–Crippen MR) is 123 cm³/mol. The molecule has 164 valence electrons. The summed E-state index contributed by atoms with van der Waals surface area (Å²) in [5.74, 6) is 0. The molecule has 0 aromatic heterocycles. The Bertz CT molecular complexity index is 312. The molecule has 4 heteroatoms. The molecule has 3 nitrogen and oxygen atoms in total. The van der Waals surface area contributed by atoms with E-state index in [9.17, 15) is 9.90 Å². The molecular weight excluding hydrogens is 355 g/mol. The van der Waals surface area contributed by atoms with Gasteiger partial charge in [0.25, 0.3) is 0 Å². The summed E-state index contributed by atoms with van der Waals surface area (Å²) in [6.45, 7) is 6.16. The van der Waals surface area contributed by atoms with Crippen LogP contribution in [0.4, 0.5) is 4.79 Å². The molecule has 0 atom stereocenters. The second kappa shape index (κ2) is 15.6. The molecule has 0 aliphatic heterocycles. The third-order valence-corrected chi connectivity index (χ3v) is 12.6. The molecule has 0 saturated heterocycles. The van der Waals surface area contributed by atoms with Crippen LogP contribution < -0.4 is 0 Å². The number of carbonyl (C=O) groups is 1. The number of hydrogen-bond donors (Lipinski definition) is 1. The van der Waals surface area contributed by atoms with E-state index in [0.29, 0.717) is 0 Å². The monoisotopic (exact) mass is 404 g/mol. The van der Waals surface area contributed by atoms with E-state index in [-0.39, 0.29) is 0 Å². The fourth-order valence-corrected chi connectivity index (χ4v) is 11.0. The molecule has 0 radical (unpaired) electrons. The van der Waals surface area contributed by atoms with E-state index in [0.717, 1.165) is 76.0 Å². The second-order valence-corrected chi connectivity index (χ2v) is 14.3. The van der Waals surface area contributed by atoms with Gasteiger partial charge in [0, 0.05) is 0 Å². The van der Waals surface area contributed by atoms with Crippen LogP contribution >= 0.6 is 6.83 Å². The van der Waals surface area contributed by atoms with Gasteiger partial charge in [-0.3, -0.25) is 0 Å². The second-order valence-electron chi connectivity index (χ2n) is 8.65. The van der Waals surface area contributed by atoms with E-state index < -0.39 is 13.0 Å². The van der Waals surface area contributed by atoms with Crippen LogP contribution in [0.2, 0.25) is 0 Å². The standard InChI is InChI=1S/C17H37O3P.C6H12/c1-5-9-13-21(14-10-6-2,15-11-7-3,16-12-8-4)20-17(18)19;1-2-4-6-5-3-1/h5-16H2,1-4H3,(H,18,19);1-6H2. The Kier molecular flexibility index (Phi) is 15.4. The average Bonchev–Trinajstić information content (AvgIpc) is 2.69. The summed E-state index contributed by atoms with van der Waals surface area (Å²) in [5.41, 5.74) is 0. The van der Waals surface area contributed by atoms with Gasteiger partial charge in [0.2, 0.25) is 0 Å². The summed E-state index contributed by atoms with van der Waals surface area (Å²) >= 11 is 0. The van der Waals surface area contributed by atoms with Crippen molar-refractivity contribution < 1.29 is 14.4 Å². The zero-order valence-electron chi connectivity index (χ0n) is 18.9. The third-order valence-electron chi connectivity index (χ3n) is 6.15. The Balaban J connectivity index is 0.000000941. The minimum atomic E-state index is -2.58. The topological polar surface area (TPSA) is 46.5 Å². The molecule has 0 bridgehead atoms. The fraction of sp³-hybridized carbons (Fsp3) is 0.957. The van der Waals surface area contributed by atoms with Gasteiger partial charge in [-0.15, -0.1) is 0 Å². The summed E-state index contributed by atoms with van der Waals surface area (Å²) in [7, 11) is 0. The minimum absolute atomic E-state index is 1.01. The van der Waals surface area contributed by atoms with Crippen molar-refractivity contribution in [2.45, 2.75) is 118 Å². The van der Waals surface area contributed by atoms with Crippen LogP contribution in [0.1, 0.15) is 118 Å². The van der Waals surface area contributed by atoms with E-state index in [1.165, 1.54) is 38.5 Å². The van der Waals surface area contributed by atoms with Crippen LogP contribution in [-0.2, 0) is 4.52 Å². The van der Waals surface area contributed by atoms with Gasteiger partial charge in [0.15, 0.2) is 0 Å². The van der Waals surface area contributed by atoms with Crippen molar-refractivity contribution in [3.8, 4) is 0 Å². The zero-order chi connectivity index (χ0) is 20.5. The maximum atomic E-state index is 11.5. The molecule has 0 unspecified atom stereocenters. The van der Waals surface area contributed by atoms with Crippen LogP contribution in [0, 0.1) is 0 Å². The Morgan fingerprint density at radius 1 is 0.667 bits per heavy atom. The molecule has 27 heavy (non-hydrogen) atoms. The molecule has 1 rings (SSSR count). The summed E-state index contributed by atoms with van der Waals surface area (Å²) in [4.78, 5) is 11.5. The Morgan fingerprint density at radius 3 is 1.11 bits per heavy atom. The van der Waals surface area contributed by atoms with Crippen molar-refractivity contribution in [2.75, 3.05) is 24.6 Å². The first-order valence-corrected chi connectivity index (χ1v) is 14.8. The van der Waals surface area contributed by atoms with Crippen molar-refractivity contribution in [1.82, 2.24) is 0 Å². The molecule has 0 amide bonds. The molecule has 1 saturated carbocycles. The van der Waals surface area contributed by atoms with E-state index >= 15 is 0 Å². The summed E-state index contributed by atoms with van der Waals surface area (Å²) in [5, 5.41) is 9.42. The molecule has 1 fully saturated rings. The van der Waals surface area contributed by atoms with Gasteiger partial charge >= 0.3 is 131 Å². The normalized spacial score (nSPS) is 15.9. The van der Waals surface area contributed by atoms with Gasteiger partial charge in [-0.1, -0.05) is 38.5 Å². The Labute approximate surface area is 170 Å². The number of unbranched alkanes of at least 4 members (excludes halogenated alkanes) is 4. The quantitative estimate of drug-likeness (QED) is 0.312. The van der Waals surface area contributed by atoms with E-state index in [4.69, 9.17) is 4.52 Å². The van der Waals surface area contributed by atoms with Crippen molar-refractivity contribution >= 4 is 13.0 Å². The Morgan fingerprint density at radius 2 is 0.926 bits per heavy atom. The van der Waals surface area contributed by atoms with Crippen molar-refractivity contribution in [3.05, 3.63) is 0 Å².